The molecule has 5 heteroatoms. The monoisotopic (exact) mass is 241 g/mol. The van der Waals surface area contributed by atoms with Crippen molar-refractivity contribution in [2.24, 2.45) is 0 Å². The Labute approximate surface area is 102 Å². The lowest BCUT2D eigenvalue weighted by atomic mass is 10.2. The van der Waals surface area contributed by atoms with Crippen LogP contribution in [0.4, 0.5) is 0 Å². The Hall–Kier alpha value is -1.54. The highest BCUT2D eigenvalue weighted by Crippen LogP contribution is 2.05. The van der Waals surface area contributed by atoms with E-state index in [1.807, 2.05) is 0 Å². The van der Waals surface area contributed by atoms with E-state index < -0.39 is 11.6 Å². The van der Waals surface area contributed by atoms with Crippen molar-refractivity contribution in [1.29, 1.82) is 0 Å². The van der Waals surface area contributed by atoms with Gasteiger partial charge in [-0.05, 0) is 27.7 Å². The second-order valence-electron chi connectivity index (χ2n) is 4.21. The lowest BCUT2D eigenvalue weighted by Crippen LogP contribution is -2.25. The maximum Gasteiger partial charge on any atom is 0.384 e. The fourth-order valence-corrected chi connectivity index (χ4v) is 0.859. The second kappa shape index (κ2) is 7.69. The van der Waals surface area contributed by atoms with E-state index in [1.54, 1.807) is 27.7 Å². The van der Waals surface area contributed by atoms with E-state index >= 15 is 0 Å². The largest absolute Gasteiger partial charge is 0.465 e. The molecule has 0 spiro atoms. The Morgan fingerprint density at radius 1 is 1.29 bits per heavy atom. The van der Waals surface area contributed by atoms with Gasteiger partial charge in [0.1, 0.15) is 5.60 Å². The molecule has 0 aliphatic heterocycles. The number of nitrogens with one attached hydrogen (secondary N) is 1. The Morgan fingerprint density at radius 3 is 2.47 bits per heavy atom. The molecule has 0 fully saturated rings. The molecule has 0 unspecified atom stereocenters. The lowest BCUT2D eigenvalue weighted by Gasteiger charge is -2.16. The Morgan fingerprint density at radius 2 is 1.94 bits per heavy atom. The lowest BCUT2D eigenvalue weighted by molar-refractivity contribution is -0.147. The number of hydrogen-bond donors (Lipinski definition) is 1. The highest BCUT2D eigenvalue weighted by molar-refractivity contribution is 5.88. The summed E-state index contributed by atoms with van der Waals surface area (Å²) < 4.78 is 9.67. The first-order valence-corrected chi connectivity index (χ1v) is 5.43. The summed E-state index contributed by atoms with van der Waals surface area (Å²) in [5, 5.41) is 2.73. The highest BCUT2D eigenvalue weighted by atomic mass is 16.6. The van der Waals surface area contributed by atoms with Gasteiger partial charge in [0.05, 0.1) is 19.7 Å². The van der Waals surface area contributed by atoms with Crippen LogP contribution in [0.25, 0.3) is 0 Å². The molecule has 0 radical (unpaired) electrons. The van der Waals surface area contributed by atoms with Gasteiger partial charge in [0.25, 0.3) is 0 Å². The molecule has 96 valence electrons. The van der Waals surface area contributed by atoms with Gasteiger partial charge >= 0.3 is 11.9 Å². The van der Waals surface area contributed by atoms with Crippen molar-refractivity contribution in [3.63, 3.8) is 0 Å². The number of esters is 2. The maximum atomic E-state index is 11.1. The van der Waals surface area contributed by atoms with Gasteiger partial charge in [0.15, 0.2) is 0 Å². The van der Waals surface area contributed by atoms with Gasteiger partial charge in [0, 0.05) is 5.92 Å². The van der Waals surface area contributed by atoms with E-state index in [-0.39, 0.29) is 19.1 Å². The van der Waals surface area contributed by atoms with Crippen molar-refractivity contribution in [2.75, 3.05) is 19.7 Å². The summed E-state index contributed by atoms with van der Waals surface area (Å²) >= 11 is 0. The molecule has 17 heavy (non-hydrogen) atoms. The predicted octanol–water partition coefficient (Wildman–Crippen LogP) is 0.484. The van der Waals surface area contributed by atoms with E-state index in [1.165, 1.54) is 0 Å². The highest BCUT2D eigenvalue weighted by Gasteiger charge is 2.13. The van der Waals surface area contributed by atoms with Crippen molar-refractivity contribution in [3.05, 3.63) is 0 Å². The zero-order valence-electron chi connectivity index (χ0n) is 10.8. The molecule has 0 aromatic carbocycles. The van der Waals surface area contributed by atoms with Gasteiger partial charge in [-0.1, -0.05) is 5.92 Å². The first-order valence-electron chi connectivity index (χ1n) is 5.43. The minimum atomic E-state index is -0.574. The fourth-order valence-electron chi connectivity index (χ4n) is 0.859. The zero-order chi connectivity index (χ0) is 13.3. The van der Waals surface area contributed by atoms with E-state index in [0.29, 0.717) is 6.61 Å². The molecule has 0 aliphatic carbocycles. The molecular formula is C12H19NO4. The summed E-state index contributed by atoms with van der Waals surface area (Å²) in [4.78, 5) is 22.0. The third-order valence-electron chi connectivity index (χ3n) is 1.38. The summed E-state index contributed by atoms with van der Waals surface area (Å²) in [6.07, 6.45) is 0. The van der Waals surface area contributed by atoms with E-state index in [0.717, 1.165) is 0 Å². The van der Waals surface area contributed by atoms with Crippen LogP contribution in [0.3, 0.4) is 0 Å². The quantitative estimate of drug-likeness (QED) is 0.336. The van der Waals surface area contributed by atoms with Crippen LogP contribution in [0.15, 0.2) is 0 Å². The molecule has 0 amide bonds. The number of carbonyl (C=O) groups is 2. The van der Waals surface area contributed by atoms with E-state index in [2.05, 4.69) is 17.2 Å². The van der Waals surface area contributed by atoms with Crippen LogP contribution < -0.4 is 5.32 Å². The van der Waals surface area contributed by atoms with Crippen LogP contribution in [-0.2, 0) is 19.1 Å². The summed E-state index contributed by atoms with van der Waals surface area (Å²) in [6.45, 7) is 7.71. The first kappa shape index (κ1) is 15.5. The summed E-state index contributed by atoms with van der Waals surface area (Å²) in [5.74, 6) is 3.97. The number of hydrogen-bond acceptors (Lipinski definition) is 5. The fraction of sp³-hybridized carbons (Fsp3) is 0.667. The van der Waals surface area contributed by atoms with Gasteiger partial charge < -0.3 is 9.47 Å². The molecule has 0 rings (SSSR count). The molecule has 0 aliphatic rings. The van der Waals surface area contributed by atoms with Gasteiger partial charge in [0.2, 0.25) is 0 Å². The topological polar surface area (TPSA) is 64.6 Å². The average Bonchev–Trinajstić information content (AvgIpc) is 2.14. The van der Waals surface area contributed by atoms with Crippen molar-refractivity contribution < 1.29 is 19.1 Å². The maximum absolute atomic E-state index is 11.1. The standard InChI is InChI=1S/C12H19NO4/c1-5-16-11(15)9-13-8-6-7-10(14)17-12(2,3)4/h13H,5,8-9H2,1-4H3. The molecule has 5 nitrogen and oxygen atoms in total. The third kappa shape index (κ3) is 10.7. The zero-order valence-corrected chi connectivity index (χ0v) is 10.8. The Balaban J connectivity index is 3.75. The molecule has 0 saturated carbocycles. The number of rotatable bonds is 4. The normalized spacial score (nSPS) is 10.1. The van der Waals surface area contributed by atoms with Crippen molar-refractivity contribution >= 4 is 11.9 Å². The van der Waals surface area contributed by atoms with Crippen molar-refractivity contribution in [3.8, 4) is 11.8 Å². The number of ether oxygens (including phenoxy) is 2. The minimum Gasteiger partial charge on any atom is -0.465 e. The van der Waals surface area contributed by atoms with Crippen LogP contribution >= 0.6 is 0 Å². The first-order chi connectivity index (χ1) is 7.85. The molecule has 0 heterocycles. The van der Waals surface area contributed by atoms with Gasteiger partial charge in [-0.25, -0.2) is 4.79 Å². The Bertz CT molecular complexity index is 320. The smallest absolute Gasteiger partial charge is 0.384 e. The average molecular weight is 241 g/mol. The van der Waals surface area contributed by atoms with E-state index in [4.69, 9.17) is 9.47 Å². The number of carbonyl (C=O) groups excluding carboxylic acids is 2. The van der Waals surface area contributed by atoms with Crippen LogP contribution in [-0.4, -0.2) is 37.2 Å². The van der Waals surface area contributed by atoms with Crippen LogP contribution in [0.2, 0.25) is 0 Å². The molecule has 1 N–H and O–H groups in total. The molecule has 0 bridgehead atoms. The van der Waals surface area contributed by atoms with Crippen LogP contribution in [0, 0.1) is 11.8 Å². The van der Waals surface area contributed by atoms with Crippen molar-refractivity contribution in [2.45, 2.75) is 33.3 Å². The van der Waals surface area contributed by atoms with Crippen molar-refractivity contribution in [1.82, 2.24) is 5.32 Å². The predicted molar refractivity (Wildman–Crippen MR) is 63.1 cm³/mol. The summed E-state index contributed by atoms with van der Waals surface area (Å²) in [5.41, 5.74) is -0.538. The molecule has 0 saturated heterocycles. The molecule has 0 atom stereocenters. The molecule has 0 aromatic rings. The van der Waals surface area contributed by atoms with Gasteiger partial charge in [-0.15, -0.1) is 0 Å². The molecular weight excluding hydrogens is 222 g/mol. The van der Waals surface area contributed by atoms with Gasteiger partial charge in [-0.2, -0.15) is 0 Å². The van der Waals surface area contributed by atoms with Crippen LogP contribution in [0.1, 0.15) is 27.7 Å². The Kier molecular flexibility index (Phi) is 6.99. The molecule has 0 aromatic heterocycles. The van der Waals surface area contributed by atoms with Crippen LogP contribution in [0.5, 0.6) is 0 Å². The minimum absolute atomic E-state index is 0.0802. The second-order valence-corrected chi connectivity index (χ2v) is 4.21. The van der Waals surface area contributed by atoms with Gasteiger partial charge in [-0.3, -0.25) is 10.1 Å². The summed E-state index contributed by atoms with van der Waals surface area (Å²) in [7, 11) is 0. The summed E-state index contributed by atoms with van der Waals surface area (Å²) in [6, 6.07) is 0. The van der Waals surface area contributed by atoms with E-state index in [9.17, 15) is 9.59 Å². The SMILES string of the molecule is CCOC(=O)CNCC#CC(=O)OC(C)(C)C. The third-order valence-corrected chi connectivity index (χ3v) is 1.38.